The first-order chi connectivity index (χ1) is 18.8. The van der Waals surface area contributed by atoms with Gasteiger partial charge in [-0.15, -0.1) is 0 Å². The zero-order valence-electron chi connectivity index (χ0n) is 22.0. The molecule has 2 aromatic rings. The maximum Gasteiger partial charge on any atom is 0.490 e. The van der Waals surface area contributed by atoms with Crippen LogP contribution in [0.1, 0.15) is 29.5 Å². The largest absolute Gasteiger partial charge is 0.490 e. The fourth-order valence-electron chi connectivity index (χ4n) is 3.49. The number of carbonyl (C=O) groups is 2. The van der Waals surface area contributed by atoms with Gasteiger partial charge in [-0.25, -0.2) is 17.5 Å². The number of sulfonamides is 1. The van der Waals surface area contributed by atoms with E-state index in [2.05, 4.69) is 22.4 Å². The van der Waals surface area contributed by atoms with E-state index in [0.717, 1.165) is 36.5 Å². The summed E-state index contributed by atoms with van der Waals surface area (Å²) in [5, 5.41) is 19.2. The quantitative estimate of drug-likeness (QED) is 0.439. The number of nitriles is 1. The Hall–Kier alpha value is -3.96. The number of amidine groups is 1. The van der Waals surface area contributed by atoms with Gasteiger partial charge < -0.3 is 15.3 Å². The number of rotatable bonds is 10. The van der Waals surface area contributed by atoms with Crippen LogP contribution in [0.3, 0.4) is 0 Å². The van der Waals surface area contributed by atoms with Gasteiger partial charge in [-0.3, -0.25) is 9.79 Å². The van der Waals surface area contributed by atoms with Crippen molar-refractivity contribution < 1.29 is 36.3 Å². The van der Waals surface area contributed by atoms with Crippen molar-refractivity contribution >= 4 is 27.7 Å². The average molecular weight is 582 g/mol. The number of alkyl halides is 3. The molecule has 0 aliphatic carbocycles. The van der Waals surface area contributed by atoms with Gasteiger partial charge in [0.05, 0.1) is 23.1 Å². The van der Waals surface area contributed by atoms with Gasteiger partial charge in [0.25, 0.3) is 0 Å². The third-order valence-corrected chi connectivity index (χ3v) is 7.73. The van der Waals surface area contributed by atoms with E-state index in [1.54, 1.807) is 11.9 Å². The van der Waals surface area contributed by atoms with Gasteiger partial charge in [0.2, 0.25) is 15.9 Å². The zero-order chi connectivity index (χ0) is 29.9. The molecule has 0 atom stereocenters. The van der Waals surface area contributed by atoms with Crippen LogP contribution in [-0.4, -0.2) is 86.9 Å². The standard InChI is InChI=1S/C24H29N5O3S.C2HF3O2/c1-28(17-13-19-5-9-21(10-6-19)24-26-14-15-27-24)23(30)4-3-16-29(2)33(31,32)22-11-7-20(18-25)8-12-22;3-2(4,5)1(6)7/h5-12H,3-4,13-17H2,1-2H3,(H,26,27);(H,6,7). The molecule has 0 radical (unpaired) electrons. The molecule has 0 bridgehead atoms. The number of nitrogens with one attached hydrogen (secondary N) is 1. The van der Waals surface area contributed by atoms with Crippen molar-refractivity contribution in [1.29, 1.82) is 5.26 Å². The topological polar surface area (TPSA) is 143 Å². The minimum absolute atomic E-state index is 0.0136. The summed E-state index contributed by atoms with van der Waals surface area (Å²) in [6.07, 6.45) is -3.64. The van der Waals surface area contributed by atoms with Crippen LogP contribution in [0, 0.1) is 11.3 Å². The van der Waals surface area contributed by atoms with Crippen molar-refractivity contribution in [1.82, 2.24) is 14.5 Å². The van der Waals surface area contributed by atoms with E-state index in [0.29, 0.717) is 18.5 Å². The second-order valence-corrected chi connectivity index (χ2v) is 10.8. The molecule has 0 fully saturated rings. The number of aliphatic imine (C=N–C) groups is 1. The third-order valence-electron chi connectivity index (χ3n) is 5.86. The van der Waals surface area contributed by atoms with Crippen molar-refractivity contribution in [3.8, 4) is 6.07 Å². The highest BCUT2D eigenvalue weighted by atomic mass is 32.2. The number of amides is 1. The smallest absolute Gasteiger partial charge is 0.475 e. The maximum absolute atomic E-state index is 12.6. The lowest BCUT2D eigenvalue weighted by atomic mass is 10.1. The molecule has 0 saturated carbocycles. The normalized spacial score (nSPS) is 13.0. The number of benzene rings is 2. The number of carboxylic acid groups (broad SMARTS) is 1. The average Bonchev–Trinajstić information content (AvgIpc) is 3.47. The summed E-state index contributed by atoms with van der Waals surface area (Å²) in [5.41, 5.74) is 2.62. The first-order valence-corrected chi connectivity index (χ1v) is 13.6. The Bertz CT molecular complexity index is 1340. The SMILES string of the molecule is CN(CCc1ccc(C2=NCCN2)cc1)C(=O)CCCN(C)S(=O)(=O)c1ccc(C#N)cc1.O=C(O)C(F)(F)F. The number of aliphatic carboxylic acids is 1. The maximum atomic E-state index is 12.6. The first kappa shape index (κ1) is 32.3. The molecule has 1 amide bonds. The Morgan fingerprint density at radius 2 is 1.68 bits per heavy atom. The van der Waals surface area contributed by atoms with Gasteiger partial charge in [0.1, 0.15) is 5.84 Å². The van der Waals surface area contributed by atoms with Crippen LogP contribution >= 0.6 is 0 Å². The molecule has 3 rings (SSSR count). The van der Waals surface area contributed by atoms with Gasteiger partial charge in [0.15, 0.2) is 0 Å². The Labute approximate surface area is 230 Å². The van der Waals surface area contributed by atoms with Crippen LogP contribution in [0.4, 0.5) is 13.2 Å². The number of carbonyl (C=O) groups excluding carboxylic acids is 1. The van der Waals surface area contributed by atoms with Crippen LogP contribution in [0.15, 0.2) is 58.4 Å². The molecule has 10 nitrogen and oxygen atoms in total. The van der Waals surface area contributed by atoms with E-state index >= 15 is 0 Å². The summed E-state index contributed by atoms with van der Waals surface area (Å²) in [6.45, 7) is 2.51. The van der Waals surface area contributed by atoms with Gasteiger partial charge in [-0.2, -0.15) is 18.4 Å². The number of hydrogen-bond donors (Lipinski definition) is 2. The van der Waals surface area contributed by atoms with Crippen molar-refractivity contribution in [2.24, 2.45) is 4.99 Å². The van der Waals surface area contributed by atoms with E-state index in [9.17, 15) is 26.4 Å². The molecule has 40 heavy (non-hydrogen) atoms. The van der Waals surface area contributed by atoms with Gasteiger partial charge in [-0.05, 0) is 42.7 Å². The molecule has 0 unspecified atom stereocenters. The van der Waals surface area contributed by atoms with Gasteiger partial charge in [0, 0.05) is 45.7 Å². The summed E-state index contributed by atoms with van der Waals surface area (Å²) >= 11 is 0. The Kier molecular flexibility index (Phi) is 11.6. The van der Waals surface area contributed by atoms with Gasteiger partial charge >= 0.3 is 12.1 Å². The molecule has 14 heteroatoms. The van der Waals surface area contributed by atoms with Crippen molar-refractivity contribution in [2.75, 3.05) is 40.3 Å². The van der Waals surface area contributed by atoms with E-state index < -0.39 is 22.2 Å². The molecule has 1 heterocycles. The number of hydrogen-bond acceptors (Lipinski definition) is 7. The molecule has 0 spiro atoms. The van der Waals surface area contributed by atoms with E-state index in [1.807, 2.05) is 18.2 Å². The Morgan fingerprint density at radius 3 is 2.17 bits per heavy atom. The number of likely N-dealkylation sites (N-methyl/N-ethyl adjacent to an activating group) is 1. The third kappa shape index (κ3) is 9.65. The second kappa shape index (κ2) is 14.4. The summed E-state index contributed by atoms with van der Waals surface area (Å²) < 4.78 is 58.3. The summed E-state index contributed by atoms with van der Waals surface area (Å²) in [6, 6.07) is 16.0. The Morgan fingerprint density at radius 1 is 1.07 bits per heavy atom. The molecule has 2 aromatic carbocycles. The fourth-order valence-corrected chi connectivity index (χ4v) is 4.70. The molecule has 0 aromatic heterocycles. The van der Waals surface area contributed by atoms with Crippen molar-refractivity contribution in [3.05, 3.63) is 65.2 Å². The predicted molar refractivity (Wildman–Crippen MR) is 141 cm³/mol. The van der Waals surface area contributed by atoms with Crippen molar-refractivity contribution in [3.63, 3.8) is 0 Å². The highest BCUT2D eigenvalue weighted by Crippen LogP contribution is 2.16. The molecule has 1 aliphatic heterocycles. The lowest BCUT2D eigenvalue weighted by molar-refractivity contribution is -0.192. The molecule has 216 valence electrons. The zero-order valence-corrected chi connectivity index (χ0v) is 22.8. The van der Waals surface area contributed by atoms with Crippen molar-refractivity contribution in [2.45, 2.75) is 30.3 Å². The Balaban J connectivity index is 0.000000708. The predicted octanol–water partition coefficient (Wildman–Crippen LogP) is 2.64. The number of halogens is 3. The van der Waals surface area contributed by atoms with Gasteiger partial charge in [-0.1, -0.05) is 24.3 Å². The summed E-state index contributed by atoms with van der Waals surface area (Å²) in [4.78, 5) is 27.6. The first-order valence-electron chi connectivity index (χ1n) is 12.1. The molecule has 0 saturated heterocycles. The lowest BCUT2D eigenvalue weighted by Crippen LogP contribution is -2.31. The molecular weight excluding hydrogens is 551 g/mol. The van der Waals surface area contributed by atoms with Crippen LogP contribution in [-0.2, 0) is 26.0 Å². The van der Waals surface area contributed by atoms with Crippen LogP contribution in [0.2, 0.25) is 0 Å². The summed E-state index contributed by atoms with van der Waals surface area (Å²) in [7, 11) is -0.385. The second-order valence-electron chi connectivity index (χ2n) is 8.79. The highest BCUT2D eigenvalue weighted by molar-refractivity contribution is 7.89. The minimum Gasteiger partial charge on any atom is -0.475 e. The van der Waals surface area contributed by atoms with E-state index in [4.69, 9.17) is 15.2 Å². The van der Waals surface area contributed by atoms with E-state index in [1.165, 1.54) is 35.6 Å². The fraction of sp³-hybridized carbons (Fsp3) is 0.385. The molecule has 1 aliphatic rings. The van der Waals surface area contributed by atoms with Crippen LogP contribution in [0.5, 0.6) is 0 Å². The minimum atomic E-state index is -5.08. The monoisotopic (exact) mass is 581 g/mol. The highest BCUT2D eigenvalue weighted by Gasteiger charge is 2.38. The van der Waals surface area contributed by atoms with Crippen LogP contribution in [0.25, 0.3) is 0 Å². The summed E-state index contributed by atoms with van der Waals surface area (Å²) in [5.74, 6) is -1.84. The number of carboxylic acids is 1. The molecule has 2 N–H and O–H groups in total. The van der Waals surface area contributed by atoms with E-state index in [-0.39, 0.29) is 23.8 Å². The molecular formula is C26H30F3N5O5S. The lowest BCUT2D eigenvalue weighted by Gasteiger charge is -2.19. The van der Waals surface area contributed by atoms with Crippen LogP contribution < -0.4 is 5.32 Å². The number of nitrogens with zero attached hydrogens (tertiary/aromatic N) is 4.